The highest BCUT2D eigenvalue weighted by molar-refractivity contribution is 7.20. The molecule has 3 aromatic heterocycles. The van der Waals surface area contributed by atoms with E-state index in [4.69, 9.17) is 0 Å². The molecule has 0 unspecified atom stereocenters. The molecule has 0 aliphatic carbocycles. The van der Waals surface area contributed by atoms with Crippen LogP contribution in [0.3, 0.4) is 0 Å². The zero-order chi connectivity index (χ0) is 79.2. The van der Waals surface area contributed by atoms with Gasteiger partial charge in [-0.15, -0.1) is 0 Å². The molecule has 5 nitrogen and oxygen atoms in total. The van der Waals surface area contributed by atoms with E-state index < -0.39 is 16.1 Å². The Kier molecular flexibility index (Phi) is 16.5. The summed E-state index contributed by atoms with van der Waals surface area (Å²) in [5.41, 5.74) is 23.9. The van der Waals surface area contributed by atoms with E-state index >= 15 is 0 Å². The topological polar surface area (TPSA) is 30.1 Å². The van der Waals surface area contributed by atoms with Crippen molar-refractivity contribution in [2.24, 2.45) is 0 Å². The van der Waals surface area contributed by atoms with Crippen molar-refractivity contribution in [2.75, 3.05) is 10.2 Å². The first-order chi connectivity index (χ1) is 57.8. The number of nitrogens with zero attached hydrogens (tertiary/aromatic N) is 4. The zero-order valence-electron chi connectivity index (χ0n) is 67.0. The SMILES string of the molecule is CC(C)(C)c1ccc2c(c1)c1cc(C(C)(C)C)ccc1n2-c1cc2c(c(-c3cccc([Si](c4ccccc4)(c4ccccc4)c4ccccc4)c3)c1)Nc1cc(-n3c4ccccc4c4ccccc43)cc3c1B2c1cc(-n2c4ccccc4c4ccccc42)ccc1N3c1cccc([Si](c2ccccc2)(c2ccccc2)c2ccccc2)c1. The molecule has 0 radical (unpaired) electrons. The summed E-state index contributed by atoms with van der Waals surface area (Å²) in [6.07, 6.45) is 0. The first kappa shape index (κ1) is 70.8. The van der Waals surface area contributed by atoms with Crippen LogP contribution in [0.15, 0.2) is 406 Å². The Morgan fingerprint density at radius 3 is 1.05 bits per heavy atom. The largest absolute Gasteiger partial charge is 0.356 e. The average molecular weight is 1540 g/mol. The van der Waals surface area contributed by atoms with E-state index in [0.29, 0.717) is 0 Å². The minimum Gasteiger partial charge on any atom is -0.356 e. The predicted octanol–water partition coefficient (Wildman–Crippen LogP) is 20.4. The van der Waals surface area contributed by atoms with Crippen molar-refractivity contribution in [3.05, 3.63) is 418 Å². The van der Waals surface area contributed by atoms with Gasteiger partial charge in [-0.25, -0.2) is 0 Å². The van der Waals surface area contributed by atoms with Gasteiger partial charge in [-0.2, -0.15) is 0 Å². The highest BCUT2D eigenvalue weighted by Gasteiger charge is 2.47. The normalized spacial score (nSPS) is 12.9. The van der Waals surface area contributed by atoms with Gasteiger partial charge in [-0.05, 0) is 189 Å². The van der Waals surface area contributed by atoms with E-state index in [1.807, 2.05) is 0 Å². The van der Waals surface area contributed by atoms with E-state index in [1.165, 1.54) is 112 Å². The third kappa shape index (κ3) is 11.0. The summed E-state index contributed by atoms with van der Waals surface area (Å²) >= 11 is 0. The van der Waals surface area contributed by atoms with Crippen molar-refractivity contribution in [3.8, 4) is 28.2 Å². The first-order valence-electron chi connectivity index (χ1n) is 41.5. The molecule has 118 heavy (non-hydrogen) atoms. The summed E-state index contributed by atoms with van der Waals surface area (Å²) in [6.45, 7) is 13.7. The maximum atomic E-state index is 4.55. The molecule has 0 bridgehead atoms. The fourth-order valence-electron chi connectivity index (χ4n) is 20.4. The second-order valence-electron chi connectivity index (χ2n) is 34.4. The molecular formula is C110H86BN5Si2. The number of nitrogens with one attached hydrogen (secondary N) is 1. The molecule has 0 fully saturated rings. The highest BCUT2D eigenvalue weighted by atomic mass is 28.3. The Morgan fingerprint density at radius 1 is 0.254 bits per heavy atom. The summed E-state index contributed by atoms with van der Waals surface area (Å²) in [6, 6.07) is 156. The number of aromatic nitrogens is 3. The van der Waals surface area contributed by atoms with E-state index in [2.05, 4.69) is 472 Å². The van der Waals surface area contributed by atoms with Gasteiger partial charge in [-0.1, -0.05) is 345 Å². The number of rotatable bonds is 13. The Hall–Kier alpha value is -13.8. The lowest BCUT2D eigenvalue weighted by Crippen LogP contribution is -2.74. The summed E-state index contributed by atoms with van der Waals surface area (Å²) < 4.78 is 7.65. The average Bonchev–Trinajstić information content (AvgIpc) is 1.18. The van der Waals surface area contributed by atoms with Gasteiger partial charge in [0.2, 0.25) is 0 Å². The lowest BCUT2D eigenvalue weighted by Gasteiger charge is -2.42. The second-order valence-corrected chi connectivity index (χ2v) is 42.0. The molecule has 17 aromatic carbocycles. The quantitative estimate of drug-likeness (QED) is 0.0921. The lowest BCUT2D eigenvalue weighted by atomic mass is 9.33. The molecule has 8 heteroatoms. The zero-order valence-corrected chi connectivity index (χ0v) is 69.0. The standard InChI is InChI=1S/C110H86BN5Si2/c1-109(2,3)75-59-62-103-94(66-75)95-67-76(110(4,5)6)60-63-104(95)115(103)79-69-93(74-35-33-49-87(65-74)117(81-37-13-7-14-38-81,82-39-15-8-16-40-82)83-41-17-9-18-42-83)108-97(71-79)111-96-70-78(113-99-55-29-25-51-89(99)90-52-26-30-56-100(90)113)61-64-105(96)114(106-73-80(72-98(112-108)107(106)111)116-101-57-31-27-53-91(101)92-54-28-32-58-102(92)116)77-36-34-50-88(68-77)118(84-43-19-10-20-44-84,85-45-21-11-22-46-85)86-47-23-12-24-48-86/h7-73,112H,1-6H3. The number of benzene rings is 17. The Morgan fingerprint density at radius 2 is 0.619 bits per heavy atom. The van der Waals surface area contributed by atoms with Gasteiger partial charge in [0, 0.05) is 77.7 Å². The number of para-hydroxylation sites is 4. The summed E-state index contributed by atoms with van der Waals surface area (Å²) in [5.74, 6) is 0. The van der Waals surface area contributed by atoms with Crippen LogP contribution in [0.1, 0.15) is 52.7 Å². The van der Waals surface area contributed by atoms with Gasteiger partial charge in [-0.3, -0.25) is 0 Å². The highest BCUT2D eigenvalue weighted by Crippen LogP contribution is 2.47. The van der Waals surface area contributed by atoms with Crippen LogP contribution < -0.4 is 68.1 Å². The second kappa shape index (κ2) is 27.5. The molecular weight excluding hydrogens is 1460 g/mol. The molecule has 562 valence electrons. The Balaban J connectivity index is 0.887. The number of anilines is 5. The monoisotopic (exact) mass is 1540 g/mol. The van der Waals surface area contributed by atoms with E-state index in [9.17, 15) is 0 Å². The molecule has 20 aromatic rings. The maximum absolute atomic E-state index is 4.55. The molecule has 0 saturated carbocycles. The predicted molar refractivity (Wildman–Crippen MR) is 509 cm³/mol. The van der Waals surface area contributed by atoms with Crippen molar-refractivity contribution in [2.45, 2.75) is 52.4 Å². The van der Waals surface area contributed by atoms with Gasteiger partial charge < -0.3 is 23.9 Å². The summed E-state index contributed by atoms with van der Waals surface area (Å²) in [5, 5.41) is 22.5. The first-order valence-corrected chi connectivity index (χ1v) is 45.5. The smallest absolute Gasteiger partial charge is 0.252 e. The van der Waals surface area contributed by atoms with Crippen molar-refractivity contribution in [1.82, 2.24) is 13.7 Å². The molecule has 22 rings (SSSR count). The van der Waals surface area contributed by atoms with Gasteiger partial charge in [0.1, 0.15) is 0 Å². The Labute approximate surface area is 691 Å². The van der Waals surface area contributed by atoms with Gasteiger partial charge in [0.15, 0.2) is 16.1 Å². The molecule has 1 N–H and O–H groups in total. The van der Waals surface area contributed by atoms with Crippen LogP contribution in [0.5, 0.6) is 0 Å². The van der Waals surface area contributed by atoms with Crippen LogP contribution in [0.4, 0.5) is 28.4 Å². The van der Waals surface area contributed by atoms with E-state index in [1.54, 1.807) is 0 Å². The van der Waals surface area contributed by atoms with Crippen molar-refractivity contribution < 1.29 is 0 Å². The summed E-state index contributed by atoms with van der Waals surface area (Å²) in [4.78, 5) is 2.65. The molecule has 0 atom stereocenters. The van der Waals surface area contributed by atoms with Gasteiger partial charge >= 0.3 is 0 Å². The fraction of sp³-hybridized carbons (Fsp3) is 0.0727. The molecule has 2 aliphatic heterocycles. The number of hydrogen-bond acceptors (Lipinski definition) is 2. The minimum atomic E-state index is -3.12. The van der Waals surface area contributed by atoms with Crippen LogP contribution in [-0.4, -0.2) is 36.6 Å². The summed E-state index contributed by atoms with van der Waals surface area (Å²) in [7, 11) is -6.22. The van der Waals surface area contributed by atoms with Crippen LogP contribution >= 0.6 is 0 Å². The third-order valence-electron chi connectivity index (χ3n) is 25.8. The molecule has 5 heterocycles. The van der Waals surface area contributed by atoms with Crippen LogP contribution in [-0.2, 0) is 10.8 Å². The van der Waals surface area contributed by atoms with Crippen LogP contribution in [0.25, 0.3) is 93.6 Å². The molecule has 0 saturated heterocycles. The van der Waals surface area contributed by atoms with Gasteiger partial charge in [0.25, 0.3) is 6.71 Å². The Bertz CT molecular complexity index is 6990. The van der Waals surface area contributed by atoms with Gasteiger partial charge in [0.05, 0.1) is 38.8 Å². The van der Waals surface area contributed by atoms with Crippen LogP contribution in [0, 0.1) is 0 Å². The van der Waals surface area contributed by atoms with Crippen LogP contribution in [0.2, 0.25) is 0 Å². The molecule has 2 aliphatic rings. The maximum Gasteiger partial charge on any atom is 0.252 e. The van der Waals surface area contributed by atoms with Crippen molar-refractivity contribution >= 4 is 175 Å². The number of hydrogen-bond donors (Lipinski definition) is 1. The minimum absolute atomic E-state index is 0.0946. The third-order valence-corrected chi connectivity index (χ3v) is 35.3. The van der Waals surface area contributed by atoms with E-state index in [-0.39, 0.29) is 17.5 Å². The van der Waals surface area contributed by atoms with Crippen molar-refractivity contribution in [3.63, 3.8) is 0 Å². The fourth-order valence-corrected chi connectivity index (χ4v) is 30.0. The van der Waals surface area contributed by atoms with Crippen molar-refractivity contribution in [1.29, 1.82) is 0 Å². The molecule has 0 amide bonds. The number of fused-ring (bicyclic) bond motifs is 13. The molecule has 0 spiro atoms. The lowest BCUT2D eigenvalue weighted by molar-refractivity contribution is 0.590. The van der Waals surface area contributed by atoms with E-state index in [0.717, 1.165) is 78.7 Å².